The minimum Gasteiger partial charge on any atom is -0.482 e. The lowest BCUT2D eigenvalue weighted by atomic mass is 10.0. The molecule has 2 aromatic rings. The van der Waals surface area contributed by atoms with Crippen LogP contribution < -0.4 is 14.2 Å². The van der Waals surface area contributed by atoms with Crippen molar-refractivity contribution in [3.05, 3.63) is 53.6 Å². The zero-order chi connectivity index (χ0) is 16.9. The first kappa shape index (κ1) is 16.6. The molecule has 128 valence electrons. The van der Waals surface area contributed by atoms with Gasteiger partial charge in [0.05, 0.1) is 6.61 Å². The second-order valence-electron chi connectivity index (χ2n) is 6.09. The Morgan fingerprint density at radius 2 is 2.00 bits per heavy atom. The molecule has 1 aliphatic heterocycles. The summed E-state index contributed by atoms with van der Waals surface area (Å²) in [5.41, 5.74) is 1.92. The van der Waals surface area contributed by atoms with Gasteiger partial charge in [-0.3, -0.25) is 0 Å². The highest BCUT2D eigenvalue weighted by molar-refractivity contribution is 5.52. The summed E-state index contributed by atoms with van der Waals surface area (Å²) in [6.07, 6.45) is 0.696. The van der Waals surface area contributed by atoms with Crippen LogP contribution in [0.4, 0.5) is 0 Å². The third-order valence-corrected chi connectivity index (χ3v) is 3.97. The molecular weight excluding hydrogens is 306 g/mol. The summed E-state index contributed by atoms with van der Waals surface area (Å²) in [6.45, 7) is 1.13. The number of fused-ring (bicyclic) bond motifs is 1. The number of nitrogens with zero attached hydrogens (tertiary/aromatic N) is 1. The average Bonchev–Trinajstić information content (AvgIpc) is 3.08. The first-order valence-electron chi connectivity index (χ1n) is 8.07. The molecule has 0 saturated carbocycles. The third kappa shape index (κ3) is 3.80. The molecule has 0 aliphatic carbocycles. The van der Waals surface area contributed by atoms with E-state index in [1.54, 1.807) is 0 Å². The molecule has 0 bridgehead atoms. The predicted octanol–water partition coefficient (Wildman–Crippen LogP) is 2.98. The predicted molar refractivity (Wildman–Crippen MR) is 91.5 cm³/mol. The molecule has 1 heterocycles. The van der Waals surface area contributed by atoms with Crippen molar-refractivity contribution in [1.29, 1.82) is 0 Å². The zero-order valence-electron chi connectivity index (χ0n) is 14.1. The summed E-state index contributed by atoms with van der Waals surface area (Å²) >= 11 is 0. The SMILES string of the molecule is CN(C)CCC(Oc1cccc2c1OCO2)c1cccc(CO)c1. The molecule has 0 aromatic heterocycles. The van der Waals surface area contributed by atoms with Gasteiger partial charge in [-0.2, -0.15) is 0 Å². The number of aliphatic hydroxyl groups excluding tert-OH is 1. The molecule has 24 heavy (non-hydrogen) atoms. The molecule has 1 N–H and O–H groups in total. The lowest BCUT2D eigenvalue weighted by molar-refractivity contribution is 0.153. The summed E-state index contributed by atoms with van der Waals surface area (Å²) in [6, 6.07) is 13.5. The van der Waals surface area contributed by atoms with Gasteiger partial charge in [0.15, 0.2) is 11.5 Å². The van der Waals surface area contributed by atoms with Gasteiger partial charge in [-0.1, -0.05) is 24.3 Å². The molecular formula is C19H23NO4. The molecule has 1 unspecified atom stereocenters. The van der Waals surface area contributed by atoms with Crippen molar-refractivity contribution < 1.29 is 19.3 Å². The molecule has 0 fully saturated rings. The fourth-order valence-electron chi connectivity index (χ4n) is 2.71. The molecule has 3 rings (SSSR count). The normalized spacial score (nSPS) is 14.0. The van der Waals surface area contributed by atoms with Crippen LogP contribution in [-0.4, -0.2) is 37.4 Å². The molecule has 0 amide bonds. The Morgan fingerprint density at radius 1 is 1.17 bits per heavy atom. The minimum absolute atomic E-state index is 0.0198. The molecule has 0 saturated heterocycles. The number of aliphatic hydroxyl groups is 1. The van der Waals surface area contributed by atoms with Crippen molar-refractivity contribution in [2.75, 3.05) is 27.4 Å². The second kappa shape index (κ2) is 7.55. The van der Waals surface area contributed by atoms with Crippen molar-refractivity contribution in [1.82, 2.24) is 4.90 Å². The van der Waals surface area contributed by atoms with Gasteiger partial charge in [0.25, 0.3) is 0 Å². The Morgan fingerprint density at radius 3 is 2.79 bits per heavy atom. The van der Waals surface area contributed by atoms with Crippen LogP contribution in [0.1, 0.15) is 23.7 Å². The summed E-state index contributed by atoms with van der Waals surface area (Å²) in [7, 11) is 4.08. The first-order chi connectivity index (χ1) is 11.7. The van der Waals surface area contributed by atoms with Gasteiger partial charge in [-0.05, 0) is 43.4 Å². The van der Waals surface area contributed by atoms with E-state index in [0.717, 1.165) is 24.1 Å². The van der Waals surface area contributed by atoms with Gasteiger partial charge in [-0.25, -0.2) is 0 Å². The molecule has 1 atom stereocenters. The average molecular weight is 329 g/mol. The molecule has 0 spiro atoms. The van der Waals surface area contributed by atoms with Crippen molar-refractivity contribution in [2.24, 2.45) is 0 Å². The number of hydrogen-bond donors (Lipinski definition) is 1. The van der Waals surface area contributed by atoms with Gasteiger partial charge in [0, 0.05) is 13.0 Å². The van der Waals surface area contributed by atoms with Crippen LogP contribution in [-0.2, 0) is 6.61 Å². The highest BCUT2D eigenvalue weighted by Gasteiger charge is 2.22. The molecule has 2 aromatic carbocycles. The van der Waals surface area contributed by atoms with Crippen molar-refractivity contribution >= 4 is 0 Å². The van der Waals surface area contributed by atoms with Gasteiger partial charge in [0.2, 0.25) is 12.5 Å². The number of hydrogen-bond acceptors (Lipinski definition) is 5. The number of rotatable bonds is 7. The fourth-order valence-corrected chi connectivity index (χ4v) is 2.71. The molecule has 5 nitrogen and oxygen atoms in total. The zero-order valence-corrected chi connectivity index (χ0v) is 14.1. The fraction of sp³-hybridized carbons (Fsp3) is 0.368. The van der Waals surface area contributed by atoms with Crippen molar-refractivity contribution in [3.8, 4) is 17.2 Å². The van der Waals surface area contributed by atoms with Crippen LogP contribution in [0.5, 0.6) is 17.2 Å². The van der Waals surface area contributed by atoms with E-state index in [1.165, 1.54) is 0 Å². The Bertz CT molecular complexity index is 687. The monoisotopic (exact) mass is 329 g/mol. The highest BCUT2D eigenvalue weighted by Crippen LogP contribution is 2.42. The van der Waals surface area contributed by atoms with Gasteiger partial charge >= 0.3 is 0 Å². The number of para-hydroxylation sites is 1. The summed E-state index contributed by atoms with van der Waals surface area (Å²) < 4.78 is 17.2. The Kier molecular flexibility index (Phi) is 5.23. The maximum Gasteiger partial charge on any atom is 0.231 e. The van der Waals surface area contributed by atoms with E-state index in [9.17, 15) is 5.11 Å². The van der Waals surface area contributed by atoms with Crippen LogP contribution >= 0.6 is 0 Å². The Balaban J connectivity index is 1.86. The van der Waals surface area contributed by atoms with Gasteiger partial charge in [0.1, 0.15) is 6.10 Å². The van der Waals surface area contributed by atoms with Gasteiger partial charge < -0.3 is 24.2 Å². The lowest BCUT2D eigenvalue weighted by Gasteiger charge is -2.22. The van der Waals surface area contributed by atoms with Crippen LogP contribution in [0.25, 0.3) is 0 Å². The van der Waals surface area contributed by atoms with Crippen LogP contribution in [0.15, 0.2) is 42.5 Å². The van der Waals surface area contributed by atoms with E-state index in [4.69, 9.17) is 14.2 Å². The van der Waals surface area contributed by atoms with Crippen LogP contribution in [0, 0.1) is 0 Å². The Labute approximate surface area is 142 Å². The number of ether oxygens (including phenoxy) is 3. The van der Waals surface area contributed by atoms with E-state index < -0.39 is 0 Å². The van der Waals surface area contributed by atoms with E-state index >= 15 is 0 Å². The first-order valence-corrected chi connectivity index (χ1v) is 8.07. The van der Waals surface area contributed by atoms with Crippen LogP contribution in [0.3, 0.4) is 0 Å². The topological polar surface area (TPSA) is 51.2 Å². The highest BCUT2D eigenvalue weighted by atomic mass is 16.7. The van der Waals surface area contributed by atoms with E-state index in [2.05, 4.69) is 4.90 Å². The van der Waals surface area contributed by atoms with Crippen molar-refractivity contribution in [2.45, 2.75) is 19.1 Å². The second-order valence-corrected chi connectivity index (χ2v) is 6.09. The maximum absolute atomic E-state index is 9.39. The minimum atomic E-state index is -0.130. The molecule has 0 radical (unpaired) electrons. The quantitative estimate of drug-likeness (QED) is 0.846. The largest absolute Gasteiger partial charge is 0.482 e. The summed E-state index contributed by atoms with van der Waals surface area (Å²) in [5.74, 6) is 2.05. The molecule has 1 aliphatic rings. The van der Waals surface area contributed by atoms with Crippen molar-refractivity contribution in [3.63, 3.8) is 0 Å². The smallest absolute Gasteiger partial charge is 0.231 e. The van der Waals surface area contributed by atoms with E-state index in [1.807, 2.05) is 56.6 Å². The number of benzene rings is 2. The molecule has 5 heteroatoms. The summed E-state index contributed by atoms with van der Waals surface area (Å²) in [5, 5.41) is 9.39. The van der Waals surface area contributed by atoms with E-state index in [-0.39, 0.29) is 19.5 Å². The third-order valence-electron chi connectivity index (χ3n) is 3.97. The van der Waals surface area contributed by atoms with Gasteiger partial charge in [-0.15, -0.1) is 0 Å². The standard InChI is InChI=1S/C19H23NO4/c1-20(2)10-9-16(15-6-3-5-14(11-15)12-21)24-18-8-4-7-17-19(18)23-13-22-17/h3-8,11,16,21H,9-10,12-13H2,1-2H3. The summed E-state index contributed by atoms with van der Waals surface area (Å²) in [4.78, 5) is 2.13. The lowest BCUT2D eigenvalue weighted by Crippen LogP contribution is -2.19. The van der Waals surface area contributed by atoms with E-state index in [0.29, 0.717) is 17.2 Å². The Hall–Kier alpha value is -2.24. The van der Waals surface area contributed by atoms with Crippen LogP contribution in [0.2, 0.25) is 0 Å². The maximum atomic E-state index is 9.39.